The monoisotopic (exact) mass is 101 g/mol. The van der Waals surface area contributed by atoms with E-state index in [2.05, 4.69) is 17.6 Å². The normalized spacial score (nSPS) is 7.43. The number of carbonyl (C=O) groups is 1. The van der Waals surface area contributed by atoms with Gasteiger partial charge in [0.1, 0.15) is 0 Å². The third kappa shape index (κ3) is 5.01. The first-order valence-electron chi connectivity index (χ1n) is 1.85. The SMILES string of the molecule is C=CC[N][14C](N)=O. The summed E-state index contributed by atoms with van der Waals surface area (Å²) in [7, 11) is 0. The van der Waals surface area contributed by atoms with Crippen molar-refractivity contribution < 1.29 is 4.79 Å². The minimum Gasteiger partial charge on any atom is -0.350 e. The van der Waals surface area contributed by atoms with E-state index >= 15 is 0 Å². The molecule has 7 heavy (non-hydrogen) atoms. The molecule has 0 aliphatic rings. The molecule has 0 bridgehead atoms. The number of urea groups is 1. The average molecular weight is 101 g/mol. The van der Waals surface area contributed by atoms with Gasteiger partial charge in [0.2, 0.25) is 0 Å². The molecule has 0 aromatic rings. The molecule has 0 saturated heterocycles. The van der Waals surface area contributed by atoms with Crippen molar-refractivity contribution in [2.24, 2.45) is 5.73 Å². The third-order valence-electron chi connectivity index (χ3n) is 0.376. The summed E-state index contributed by atoms with van der Waals surface area (Å²) < 4.78 is 0. The molecule has 0 aromatic carbocycles. The van der Waals surface area contributed by atoms with Crippen LogP contribution in [0, 0.1) is 0 Å². The van der Waals surface area contributed by atoms with Crippen LogP contribution in [-0.2, 0) is 0 Å². The van der Waals surface area contributed by atoms with Gasteiger partial charge in [-0.05, 0) is 0 Å². The Bertz CT molecular complexity index is 79.8. The van der Waals surface area contributed by atoms with Crippen LogP contribution in [0.5, 0.6) is 0 Å². The molecule has 2 amide bonds. The van der Waals surface area contributed by atoms with Gasteiger partial charge in [-0.2, -0.15) is 0 Å². The first-order valence-corrected chi connectivity index (χ1v) is 1.85. The van der Waals surface area contributed by atoms with Gasteiger partial charge < -0.3 is 5.73 Å². The molecule has 3 heteroatoms. The molecule has 1 radical (unpaired) electrons. The van der Waals surface area contributed by atoms with Crippen LogP contribution < -0.4 is 11.1 Å². The first kappa shape index (κ1) is 6.01. The van der Waals surface area contributed by atoms with Crippen molar-refractivity contribution in [2.45, 2.75) is 0 Å². The predicted molar refractivity (Wildman–Crippen MR) is 26.8 cm³/mol. The molecule has 39 valence electrons. The van der Waals surface area contributed by atoms with E-state index in [4.69, 9.17) is 0 Å². The first-order chi connectivity index (χ1) is 3.27. The number of hydrogen-bond donors (Lipinski definition) is 1. The number of nitrogens with two attached hydrogens (primary N) is 1. The maximum atomic E-state index is 9.77. The summed E-state index contributed by atoms with van der Waals surface area (Å²) in [5.74, 6) is 0. The quantitative estimate of drug-likeness (QED) is 0.483. The van der Waals surface area contributed by atoms with E-state index in [1.807, 2.05) is 0 Å². The average Bonchev–Trinajstić information content (AvgIpc) is 1.61. The van der Waals surface area contributed by atoms with Gasteiger partial charge in [-0.15, -0.1) is 6.58 Å². The predicted octanol–water partition coefficient (Wildman–Crippen LogP) is -0.144. The lowest BCUT2D eigenvalue weighted by Gasteiger charge is -1.85. The standard InChI is InChI=1S/C4H7N2O/c1-2-3-6-4(5)7/h2H,1,3H2,(H2,5,7)/i4+2. The zero-order valence-corrected chi connectivity index (χ0v) is 3.92. The van der Waals surface area contributed by atoms with Crippen molar-refractivity contribution in [2.75, 3.05) is 6.54 Å². The molecule has 0 unspecified atom stereocenters. The summed E-state index contributed by atoms with van der Waals surface area (Å²) in [6.45, 7) is 3.65. The van der Waals surface area contributed by atoms with Crippen LogP contribution in [0.1, 0.15) is 0 Å². The molecule has 0 saturated carbocycles. The van der Waals surface area contributed by atoms with Crippen LogP contribution in [0.15, 0.2) is 12.7 Å². The number of primary amides is 1. The fraction of sp³-hybridized carbons (Fsp3) is 0.250. The van der Waals surface area contributed by atoms with E-state index < -0.39 is 6.03 Å². The highest BCUT2D eigenvalue weighted by atomic mass is 16.3. The summed E-state index contributed by atoms with van der Waals surface area (Å²) in [4.78, 5) is 9.77. The van der Waals surface area contributed by atoms with E-state index in [0.717, 1.165) is 0 Å². The second kappa shape index (κ2) is 3.21. The molecule has 0 aliphatic carbocycles. The van der Waals surface area contributed by atoms with E-state index in [-0.39, 0.29) is 0 Å². The van der Waals surface area contributed by atoms with Crippen LogP contribution in [0.2, 0.25) is 0 Å². The Kier molecular flexibility index (Phi) is 2.76. The van der Waals surface area contributed by atoms with E-state index in [1.165, 1.54) is 6.08 Å². The van der Waals surface area contributed by atoms with Gasteiger partial charge in [-0.25, -0.2) is 10.1 Å². The van der Waals surface area contributed by atoms with Gasteiger partial charge in [0.15, 0.2) is 0 Å². The van der Waals surface area contributed by atoms with Crippen LogP contribution in [0.3, 0.4) is 0 Å². The Morgan fingerprint density at radius 3 is 2.71 bits per heavy atom. The van der Waals surface area contributed by atoms with Crippen molar-refractivity contribution in [3.63, 3.8) is 0 Å². The number of hydrogen-bond acceptors (Lipinski definition) is 1. The summed E-state index contributed by atoms with van der Waals surface area (Å²) in [5, 5.41) is 3.26. The Labute approximate surface area is 42.2 Å². The molecule has 3 nitrogen and oxygen atoms in total. The van der Waals surface area contributed by atoms with Gasteiger partial charge >= 0.3 is 6.03 Å². The van der Waals surface area contributed by atoms with E-state index in [9.17, 15) is 4.79 Å². The molecular formula is C4H7N2O. The zero-order valence-electron chi connectivity index (χ0n) is 3.92. The minimum absolute atomic E-state index is 0.315. The largest absolute Gasteiger partial charge is 0.350 e. The highest BCUT2D eigenvalue weighted by Crippen LogP contribution is 1.60. The number of amides is 2. The van der Waals surface area contributed by atoms with Gasteiger partial charge in [0, 0.05) is 0 Å². The maximum Gasteiger partial charge on any atom is 0.334 e. The van der Waals surface area contributed by atoms with Crippen molar-refractivity contribution in [3.8, 4) is 0 Å². The van der Waals surface area contributed by atoms with Crippen LogP contribution in [0.4, 0.5) is 4.79 Å². The Hall–Kier alpha value is -0.990. The second-order valence-corrected chi connectivity index (χ2v) is 0.968. The van der Waals surface area contributed by atoms with Gasteiger partial charge in [0.05, 0.1) is 6.54 Å². The lowest BCUT2D eigenvalue weighted by atomic mass is 10.7. The highest BCUT2D eigenvalue weighted by Gasteiger charge is 1.85. The van der Waals surface area contributed by atoms with Crippen molar-refractivity contribution in [1.82, 2.24) is 5.32 Å². The lowest BCUT2D eigenvalue weighted by molar-refractivity contribution is 0.249. The van der Waals surface area contributed by atoms with Gasteiger partial charge in [-0.1, -0.05) is 6.08 Å². The topological polar surface area (TPSA) is 57.2 Å². The highest BCUT2D eigenvalue weighted by molar-refractivity contribution is 5.71. The number of carbonyl (C=O) groups excluding carboxylic acids is 1. The van der Waals surface area contributed by atoms with Gasteiger partial charge in [-0.3, -0.25) is 0 Å². The van der Waals surface area contributed by atoms with Gasteiger partial charge in [0.25, 0.3) is 0 Å². The molecule has 0 fully saturated rings. The summed E-state index contributed by atoms with van der Waals surface area (Å²) in [6.07, 6.45) is 1.50. The van der Waals surface area contributed by atoms with Crippen molar-refractivity contribution in [1.29, 1.82) is 0 Å². The Morgan fingerprint density at radius 1 is 2.00 bits per heavy atom. The smallest absolute Gasteiger partial charge is 0.334 e. The summed E-state index contributed by atoms with van der Waals surface area (Å²) in [6, 6.07) is -0.639. The molecular weight excluding hydrogens is 94.0 g/mol. The Morgan fingerprint density at radius 2 is 2.57 bits per heavy atom. The Balaban J connectivity index is 2.97. The van der Waals surface area contributed by atoms with Crippen molar-refractivity contribution >= 4 is 6.03 Å². The van der Waals surface area contributed by atoms with Crippen molar-refractivity contribution in [3.05, 3.63) is 12.7 Å². The fourth-order valence-corrected chi connectivity index (χ4v) is 0.155. The van der Waals surface area contributed by atoms with Crippen LogP contribution >= 0.6 is 0 Å². The molecule has 0 rings (SSSR count). The molecule has 2 N–H and O–H groups in total. The lowest BCUT2D eigenvalue weighted by Crippen LogP contribution is -2.22. The molecule has 0 heterocycles. The third-order valence-corrected chi connectivity index (χ3v) is 0.376. The van der Waals surface area contributed by atoms with E-state index in [0.29, 0.717) is 6.54 Å². The minimum atomic E-state index is -0.639. The molecule has 0 spiro atoms. The zero-order chi connectivity index (χ0) is 5.70. The van der Waals surface area contributed by atoms with Crippen LogP contribution in [-0.4, -0.2) is 12.6 Å². The number of rotatable bonds is 2. The molecule has 0 aliphatic heterocycles. The summed E-state index contributed by atoms with van der Waals surface area (Å²) in [5.41, 5.74) is 4.63. The number of nitrogens with zero attached hydrogens (tertiary/aromatic N) is 1. The summed E-state index contributed by atoms with van der Waals surface area (Å²) >= 11 is 0. The van der Waals surface area contributed by atoms with Crippen LogP contribution in [0.25, 0.3) is 0 Å². The maximum absolute atomic E-state index is 9.77. The second-order valence-electron chi connectivity index (χ2n) is 0.968. The van der Waals surface area contributed by atoms with E-state index in [1.54, 1.807) is 0 Å². The molecule has 0 aromatic heterocycles. The molecule has 0 atom stereocenters. The fourth-order valence-electron chi connectivity index (χ4n) is 0.155.